The van der Waals surface area contributed by atoms with Crippen molar-refractivity contribution in [2.45, 2.75) is 45.1 Å². The van der Waals surface area contributed by atoms with Gasteiger partial charge in [-0.25, -0.2) is 0 Å². The maximum atomic E-state index is 12.8. The normalized spacial score (nSPS) is 15.6. The molecule has 1 atom stereocenters. The molecule has 0 unspecified atom stereocenters. The summed E-state index contributed by atoms with van der Waals surface area (Å²) in [6.07, 6.45) is 2.91. The van der Waals surface area contributed by atoms with Crippen molar-refractivity contribution in [3.8, 4) is 6.07 Å². The molecule has 2 aromatic rings. The molecular weight excluding hydrogens is 430 g/mol. The molecule has 0 spiro atoms. The smallest absolute Gasteiger partial charge is 0.326 e. The Balaban J connectivity index is 1.44. The minimum Gasteiger partial charge on any atom is -0.451 e. The van der Waals surface area contributed by atoms with Gasteiger partial charge in [-0.3, -0.25) is 24.1 Å². The number of esters is 1. The van der Waals surface area contributed by atoms with Crippen molar-refractivity contribution < 1.29 is 23.9 Å². The highest BCUT2D eigenvalue weighted by Gasteiger charge is 2.37. The van der Waals surface area contributed by atoms with E-state index in [0.29, 0.717) is 16.3 Å². The Bertz CT molecular complexity index is 1160. The van der Waals surface area contributed by atoms with Crippen molar-refractivity contribution in [1.82, 2.24) is 0 Å². The van der Waals surface area contributed by atoms with E-state index in [-0.39, 0.29) is 12.0 Å². The fourth-order valence-electron chi connectivity index (χ4n) is 4.02. The van der Waals surface area contributed by atoms with Crippen molar-refractivity contribution in [2.75, 3.05) is 16.8 Å². The largest absolute Gasteiger partial charge is 0.451 e. The lowest BCUT2D eigenvalue weighted by atomic mass is 9.96. The van der Waals surface area contributed by atoms with E-state index in [4.69, 9.17) is 4.74 Å². The maximum absolute atomic E-state index is 12.8. The summed E-state index contributed by atoms with van der Waals surface area (Å²) < 4.78 is 5.34. The van der Waals surface area contributed by atoms with Crippen molar-refractivity contribution >= 4 is 45.6 Å². The fraction of sp³-hybridized carbons (Fsp3) is 0.348. The molecule has 0 bridgehead atoms. The molecule has 1 aromatic carbocycles. The van der Waals surface area contributed by atoms with Gasteiger partial charge >= 0.3 is 5.97 Å². The van der Waals surface area contributed by atoms with E-state index in [1.807, 2.05) is 0 Å². The Morgan fingerprint density at radius 1 is 1.25 bits per heavy atom. The number of ketones is 1. The first-order valence-corrected chi connectivity index (χ1v) is 11.3. The zero-order chi connectivity index (χ0) is 22.8. The number of rotatable bonds is 6. The molecule has 1 aliphatic heterocycles. The number of nitrogens with zero attached hydrogens (tertiary/aromatic N) is 2. The molecule has 8 nitrogen and oxygen atoms in total. The van der Waals surface area contributed by atoms with Crippen LogP contribution in [-0.4, -0.2) is 36.2 Å². The Hall–Kier alpha value is -3.51. The van der Waals surface area contributed by atoms with Gasteiger partial charge in [0.05, 0.1) is 16.8 Å². The number of anilines is 2. The van der Waals surface area contributed by atoms with Gasteiger partial charge in [0.15, 0.2) is 6.10 Å². The summed E-state index contributed by atoms with van der Waals surface area (Å²) in [5, 5.41) is 12.8. The summed E-state index contributed by atoms with van der Waals surface area (Å²) in [5.74, 6) is -2.80. The summed E-state index contributed by atoms with van der Waals surface area (Å²) in [6, 6.07) is 8.60. The van der Waals surface area contributed by atoms with Crippen LogP contribution in [0.3, 0.4) is 0 Å². The third kappa shape index (κ3) is 3.89. The van der Waals surface area contributed by atoms with Crippen molar-refractivity contribution in [2.24, 2.45) is 0 Å². The van der Waals surface area contributed by atoms with Crippen LogP contribution in [0.2, 0.25) is 0 Å². The summed E-state index contributed by atoms with van der Waals surface area (Å²) in [7, 11) is 0. The highest BCUT2D eigenvalue weighted by atomic mass is 32.1. The number of hydrogen-bond acceptors (Lipinski definition) is 7. The van der Waals surface area contributed by atoms with Crippen LogP contribution in [0.5, 0.6) is 0 Å². The maximum Gasteiger partial charge on any atom is 0.326 e. The average Bonchev–Trinajstić information content (AvgIpc) is 3.27. The van der Waals surface area contributed by atoms with Crippen LogP contribution in [0.15, 0.2) is 24.3 Å². The van der Waals surface area contributed by atoms with E-state index in [1.54, 1.807) is 25.1 Å². The average molecular weight is 452 g/mol. The summed E-state index contributed by atoms with van der Waals surface area (Å²) in [5.41, 5.74) is 2.07. The molecule has 1 aromatic heterocycles. The summed E-state index contributed by atoms with van der Waals surface area (Å²) >= 11 is 1.40. The second-order valence-electron chi connectivity index (χ2n) is 7.64. The van der Waals surface area contributed by atoms with Gasteiger partial charge < -0.3 is 10.1 Å². The Kier molecular flexibility index (Phi) is 6.06. The first kappa shape index (κ1) is 21.7. The molecule has 164 valence electrons. The third-order valence-electron chi connectivity index (χ3n) is 5.62. The van der Waals surface area contributed by atoms with Crippen LogP contribution in [0.4, 0.5) is 10.7 Å². The first-order valence-electron chi connectivity index (χ1n) is 10.4. The topological polar surface area (TPSA) is 117 Å². The van der Waals surface area contributed by atoms with Gasteiger partial charge in [0.1, 0.15) is 17.6 Å². The lowest BCUT2D eigenvalue weighted by Gasteiger charge is -2.19. The molecule has 4 rings (SSSR count). The number of thiophene rings is 1. The first-order chi connectivity index (χ1) is 15.4. The van der Waals surface area contributed by atoms with Gasteiger partial charge in [-0.2, -0.15) is 5.26 Å². The highest BCUT2D eigenvalue weighted by molar-refractivity contribution is 7.16. The van der Waals surface area contributed by atoms with Crippen LogP contribution in [0, 0.1) is 11.3 Å². The van der Waals surface area contributed by atoms with E-state index < -0.39 is 36.2 Å². The second kappa shape index (κ2) is 8.93. The molecule has 0 fully saturated rings. The van der Waals surface area contributed by atoms with Gasteiger partial charge in [-0.05, 0) is 49.8 Å². The van der Waals surface area contributed by atoms with Gasteiger partial charge in [0.25, 0.3) is 17.6 Å². The minimum absolute atomic E-state index is 0.216. The predicted molar refractivity (Wildman–Crippen MR) is 118 cm³/mol. The van der Waals surface area contributed by atoms with E-state index in [2.05, 4.69) is 11.4 Å². The van der Waals surface area contributed by atoms with E-state index in [0.717, 1.165) is 41.0 Å². The third-order valence-corrected chi connectivity index (χ3v) is 6.83. The molecule has 0 saturated heterocycles. The quantitative estimate of drug-likeness (QED) is 0.533. The molecule has 2 aliphatic rings. The number of fused-ring (bicyclic) bond motifs is 2. The number of carbonyl (C=O) groups is 4. The monoisotopic (exact) mass is 451 g/mol. The van der Waals surface area contributed by atoms with E-state index >= 15 is 0 Å². The fourth-order valence-corrected chi connectivity index (χ4v) is 5.26. The number of amides is 2. The summed E-state index contributed by atoms with van der Waals surface area (Å²) in [4.78, 5) is 51.8. The highest BCUT2D eigenvalue weighted by Crippen LogP contribution is 2.37. The molecule has 2 heterocycles. The second-order valence-corrected chi connectivity index (χ2v) is 8.75. The van der Waals surface area contributed by atoms with Crippen molar-refractivity contribution in [3.05, 3.63) is 45.8 Å². The number of ether oxygens (including phenoxy) is 1. The molecule has 9 heteroatoms. The lowest BCUT2D eigenvalue weighted by molar-refractivity contribution is -0.153. The van der Waals surface area contributed by atoms with Crippen LogP contribution in [0.25, 0.3) is 0 Å². The van der Waals surface area contributed by atoms with Gasteiger partial charge in [-0.1, -0.05) is 19.1 Å². The van der Waals surface area contributed by atoms with Crippen LogP contribution in [-0.2, 0) is 32.0 Å². The number of hydrogen-bond donors (Lipinski definition) is 1. The van der Waals surface area contributed by atoms with Crippen molar-refractivity contribution in [1.29, 1.82) is 5.26 Å². The van der Waals surface area contributed by atoms with E-state index in [9.17, 15) is 24.4 Å². The van der Waals surface area contributed by atoms with Crippen LogP contribution >= 0.6 is 11.3 Å². The minimum atomic E-state index is -1.09. The number of aryl methyl sites for hydroxylation is 1. The van der Waals surface area contributed by atoms with Crippen molar-refractivity contribution in [3.63, 3.8) is 0 Å². The molecule has 2 amide bonds. The number of nitriles is 1. The number of benzene rings is 1. The number of para-hydroxylation sites is 1. The lowest BCUT2D eigenvalue weighted by Crippen LogP contribution is -2.39. The SMILES string of the molecule is CC[C@@H](OC(=O)CN1C(=O)C(=O)c2ccccc21)C(=O)Nc1sc2c(c1C#N)CCCC2. The zero-order valence-electron chi connectivity index (χ0n) is 17.5. The van der Waals surface area contributed by atoms with Crippen LogP contribution < -0.4 is 10.2 Å². The molecular formula is C23H21N3O5S. The number of nitrogens with one attached hydrogen (secondary N) is 1. The van der Waals surface area contributed by atoms with Crippen LogP contribution in [0.1, 0.15) is 52.5 Å². The Morgan fingerprint density at radius 3 is 2.75 bits per heavy atom. The molecule has 32 heavy (non-hydrogen) atoms. The molecule has 0 radical (unpaired) electrons. The number of carbonyl (C=O) groups excluding carboxylic acids is 4. The summed E-state index contributed by atoms with van der Waals surface area (Å²) in [6.45, 7) is 1.23. The van der Waals surface area contributed by atoms with E-state index in [1.165, 1.54) is 17.4 Å². The molecule has 1 N–H and O–H groups in total. The predicted octanol–water partition coefficient (Wildman–Crippen LogP) is 2.99. The molecule has 1 aliphatic carbocycles. The zero-order valence-corrected chi connectivity index (χ0v) is 18.3. The Morgan fingerprint density at radius 2 is 2.00 bits per heavy atom. The van der Waals surface area contributed by atoms with Gasteiger partial charge in [0.2, 0.25) is 0 Å². The molecule has 0 saturated carbocycles. The standard InChI is InChI=1S/C23H21N3O5S/c1-2-17(21(29)25-22-15(11-24)13-7-4-6-10-18(13)32-22)31-19(27)12-26-16-9-5-3-8-14(16)20(28)23(26)30/h3,5,8-9,17H,2,4,6-7,10,12H2,1H3,(H,25,29)/t17-/m1/s1. The number of Topliss-reactive ketones (excluding diaryl/α,β-unsaturated/α-hetero) is 1. The van der Waals surface area contributed by atoms with Gasteiger partial charge in [0, 0.05) is 4.88 Å². The Labute approximate surface area is 188 Å². The van der Waals surface area contributed by atoms with Gasteiger partial charge in [-0.15, -0.1) is 11.3 Å².